The lowest BCUT2D eigenvalue weighted by Crippen LogP contribution is -2.23. The van der Waals surface area contributed by atoms with Gasteiger partial charge < -0.3 is 10.6 Å². The van der Waals surface area contributed by atoms with Gasteiger partial charge in [-0.05, 0) is 0 Å². The van der Waals surface area contributed by atoms with Crippen molar-refractivity contribution >= 4 is 23.3 Å². The Hall–Kier alpha value is -1.36. The van der Waals surface area contributed by atoms with E-state index in [-0.39, 0.29) is 11.9 Å². The molecule has 0 aliphatic carbocycles. The van der Waals surface area contributed by atoms with Crippen molar-refractivity contribution in [1.29, 1.82) is 0 Å². The Morgan fingerprint density at radius 3 is 3.06 bits per heavy atom. The molecule has 1 fully saturated rings. The number of aryl methyl sites for hydroxylation is 1. The minimum atomic E-state index is 0.0633. The molecule has 16 heavy (non-hydrogen) atoms. The molecule has 2 heterocycles. The van der Waals surface area contributed by atoms with Crippen LogP contribution >= 0.6 is 11.6 Å². The SMILES string of the molecule is CCc1nc(Cl)cc(NC2CNC(=O)C2)n1. The molecule has 2 rings (SSSR count). The van der Waals surface area contributed by atoms with Crippen LogP contribution in [0.4, 0.5) is 5.82 Å². The molecular weight excluding hydrogens is 228 g/mol. The average molecular weight is 241 g/mol. The van der Waals surface area contributed by atoms with Crippen molar-refractivity contribution in [2.75, 3.05) is 11.9 Å². The molecule has 1 aromatic rings. The van der Waals surface area contributed by atoms with Crippen LogP contribution in [0.15, 0.2) is 6.07 Å². The smallest absolute Gasteiger partial charge is 0.222 e. The number of anilines is 1. The molecule has 0 spiro atoms. The molecule has 0 aromatic carbocycles. The second-order valence-electron chi connectivity index (χ2n) is 3.70. The van der Waals surface area contributed by atoms with Crippen LogP contribution in [0.3, 0.4) is 0 Å². The Labute approximate surface area is 98.6 Å². The Balaban J connectivity index is 2.08. The fourth-order valence-electron chi connectivity index (χ4n) is 1.61. The topological polar surface area (TPSA) is 66.9 Å². The van der Waals surface area contributed by atoms with Gasteiger partial charge in [-0.25, -0.2) is 9.97 Å². The third-order valence-electron chi connectivity index (χ3n) is 2.39. The van der Waals surface area contributed by atoms with Crippen LogP contribution in [0, 0.1) is 0 Å². The molecule has 0 radical (unpaired) electrons. The largest absolute Gasteiger partial charge is 0.365 e. The molecule has 86 valence electrons. The number of hydrogen-bond acceptors (Lipinski definition) is 4. The molecule has 1 amide bonds. The summed E-state index contributed by atoms with van der Waals surface area (Å²) in [5, 5.41) is 6.35. The number of carbonyl (C=O) groups is 1. The summed E-state index contributed by atoms with van der Waals surface area (Å²) in [5.74, 6) is 1.44. The predicted molar refractivity (Wildman–Crippen MR) is 61.5 cm³/mol. The van der Waals surface area contributed by atoms with Crippen molar-refractivity contribution in [1.82, 2.24) is 15.3 Å². The van der Waals surface area contributed by atoms with E-state index in [1.165, 1.54) is 0 Å². The number of rotatable bonds is 3. The number of nitrogens with one attached hydrogen (secondary N) is 2. The summed E-state index contributed by atoms with van der Waals surface area (Å²) in [6, 6.07) is 1.76. The van der Waals surface area contributed by atoms with Crippen molar-refractivity contribution in [3.63, 3.8) is 0 Å². The molecule has 0 bridgehead atoms. The highest BCUT2D eigenvalue weighted by atomic mass is 35.5. The first kappa shape index (κ1) is 11.1. The van der Waals surface area contributed by atoms with Crippen molar-refractivity contribution in [3.05, 3.63) is 17.0 Å². The number of halogens is 1. The van der Waals surface area contributed by atoms with Gasteiger partial charge in [0.15, 0.2) is 0 Å². The Morgan fingerprint density at radius 1 is 1.62 bits per heavy atom. The van der Waals surface area contributed by atoms with Crippen LogP contribution < -0.4 is 10.6 Å². The Morgan fingerprint density at radius 2 is 2.44 bits per heavy atom. The van der Waals surface area contributed by atoms with Crippen molar-refractivity contribution < 1.29 is 4.79 Å². The lowest BCUT2D eigenvalue weighted by molar-refractivity contribution is -0.119. The van der Waals surface area contributed by atoms with Gasteiger partial charge in [-0.1, -0.05) is 18.5 Å². The van der Waals surface area contributed by atoms with E-state index in [9.17, 15) is 4.79 Å². The predicted octanol–water partition coefficient (Wildman–Crippen LogP) is 0.993. The number of hydrogen-bond donors (Lipinski definition) is 2. The molecular formula is C10H13ClN4O. The zero-order valence-corrected chi connectivity index (χ0v) is 9.71. The summed E-state index contributed by atoms with van der Waals surface area (Å²) in [7, 11) is 0. The summed E-state index contributed by atoms with van der Waals surface area (Å²) in [6.45, 7) is 2.60. The number of carbonyl (C=O) groups excluding carboxylic acids is 1. The van der Waals surface area contributed by atoms with Gasteiger partial charge in [-0.15, -0.1) is 0 Å². The molecule has 6 heteroatoms. The van der Waals surface area contributed by atoms with E-state index in [2.05, 4.69) is 20.6 Å². The van der Waals surface area contributed by atoms with Gasteiger partial charge in [0.2, 0.25) is 5.91 Å². The minimum absolute atomic E-state index is 0.0633. The highest BCUT2D eigenvalue weighted by Crippen LogP contribution is 2.14. The van der Waals surface area contributed by atoms with Crippen LogP contribution in [0.5, 0.6) is 0 Å². The van der Waals surface area contributed by atoms with Crippen LogP contribution in [-0.2, 0) is 11.2 Å². The van der Waals surface area contributed by atoms with E-state index < -0.39 is 0 Å². The maximum atomic E-state index is 11.0. The molecule has 1 aliphatic rings. The lowest BCUT2D eigenvalue weighted by Gasteiger charge is -2.11. The van der Waals surface area contributed by atoms with Gasteiger partial charge in [0, 0.05) is 25.5 Å². The molecule has 1 aromatic heterocycles. The number of amides is 1. The zero-order valence-electron chi connectivity index (χ0n) is 8.96. The molecule has 1 aliphatic heterocycles. The summed E-state index contributed by atoms with van der Waals surface area (Å²) < 4.78 is 0. The van der Waals surface area contributed by atoms with E-state index in [4.69, 9.17) is 11.6 Å². The summed E-state index contributed by atoms with van der Waals surface area (Å²) in [6.07, 6.45) is 1.21. The first-order valence-corrected chi connectivity index (χ1v) is 5.62. The summed E-state index contributed by atoms with van der Waals surface area (Å²) in [4.78, 5) is 19.4. The van der Waals surface area contributed by atoms with Gasteiger partial charge in [0.05, 0.1) is 6.04 Å². The summed E-state index contributed by atoms with van der Waals surface area (Å²) >= 11 is 5.87. The minimum Gasteiger partial charge on any atom is -0.365 e. The highest BCUT2D eigenvalue weighted by Gasteiger charge is 2.21. The van der Waals surface area contributed by atoms with Crippen LogP contribution in [0.25, 0.3) is 0 Å². The maximum absolute atomic E-state index is 11.0. The summed E-state index contributed by atoms with van der Waals surface area (Å²) in [5.41, 5.74) is 0. The zero-order chi connectivity index (χ0) is 11.5. The maximum Gasteiger partial charge on any atom is 0.222 e. The standard InChI is InChI=1S/C10H13ClN4O/c1-2-8-14-7(11)4-9(15-8)13-6-3-10(16)12-5-6/h4,6H,2-3,5H2,1H3,(H,12,16)(H,13,14,15). The van der Waals surface area contributed by atoms with E-state index in [0.717, 1.165) is 6.42 Å². The second kappa shape index (κ2) is 4.65. The van der Waals surface area contributed by atoms with Crippen LogP contribution in [-0.4, -0.2) is 28.5 Å². The molecule has 0 saturated carbocycles. The Kier molecular flexibility index (Phi) is 3.24. The van der Waals surface area contributed by atoms with E-state index in [0.29, 0.717) is 29.8 Å². The first-order chi connectivity index (χ1) is 7.67. The van der Waals surface area contributed by atoms with Crippen LogP contribution in [0.1, 0.15) is 19.2 Å². The van der Waals surface area contributed by atoms with Gasteiger partial charge in [0.1, 0.15) is 16.8 Å². The highest BCUT2D eigenvalue weighted by molar-refractivity contribution is 6.29. The van der Waals surface area contributed by atoms with Gasteiger partial charge in [0.25, 0.3) is 0 Å². The van der Waals surface area contributed by atoms with E-state index >= 15 is 0 Å². The third kappa shape index (κ3) is 2.61. The number of nitrogens with zero attached hydrogens (tertiary/aromatic N) is 2. The van der Waals surface area contributed by atoms with Crippen LogP contribution in [0.2, 0.25) is 5.15 Å². The normalized spacial score (nSPS) is 19.6. The van der Waals surface area contributed by atoms with E-state index in [1.54, 1.807) is 6.07 Å². The number of aromatic nitrogens is 2. The van der Waals surface area contributed by atoms with Crippen molar-refractivity contribution in [2.45, 2.75) is 25.8 Å². The van der Waals surface area contributed by atoms with Gasteiger partial charge >= 0.3 is 0 Å². The molecule has 1 atom stereocenters. The van der Waals surface area contributed by atoms with Crippen molar-refractivity contribution in [2.24, 2.45) is 0 Å². The lowest BCUT2D eigenvalue weighted by atomic mass is 10.2. The van der Waals surface area contributed by atoms with E-state index in [1.807, 2.05) is 6.92 Å². The molecule has 1 unspecified atom stereocenters. The van der Waals surface area contributed by atoms with Crippen molar-refractivity contribution in [3.8, 4) is 0 Å². The molecule has 5 nitrogen and oxygen atoms in total. The molecule has 1 saturated heterocycles. The fourth-order valence-corrected chi connectivity index (χ4v) is 1.81. The quantitative estimate of drug-likeness (QED) is 0.774. The third-order valence-corrected chi connectivity index (χ3v) is 2.58. The van der Waals surface area contributed by atoms with Gasteiger partial charge in [-0.3, -0.25) is 4.79 Å². The van der Waals surface area contributed by atoms with Gasteiger partial charge in [-0.2, -0.15) is 0 Å². The monoisotopic (exact) mass is 240 g/mol. The first-order valence-electron chi connectivity index (χ1n) is 5.24. The fraction of sp³-hybridized carbons (Fsp3) is 0.500. The Bertz CT molecular complexity index is 410. The average Bonchev–Trinajstić information content (AvgIpc) is 2.63. The molecule has 2 N–H and O–H groups in total. The second-order valence-corrected chi connectivity index (χ2v) is 4.08.